The number of hydrogen-bond acceptors (Lipinski definition) is 2. The monoisotopic (exact) mass is 254 g/mol. The number of nitrogens with zero attached hydrogens (tertiary/aromatic N) is 2. The van der Waals surface area contributed by atoms with E-state index in [1.807, 2.05) is 12.1 Å². The van der Waals surface area contributed by atoms with E-state index >= 15 is 0 Å². The molecule has 0 bridgehead atoms. The minimum atomic E-state index is 0.315. The van der Waals surface area contributed by atoms with Gasteiger partial charge in [-0.05, 0) is 24.1 Å². The van der Waals surface area contributed by atoms with Crippen molar-refractivity contribution in [2.75, 3.05) is 6.61 Å². The summed E-state index contributed by atoms with van der Waals surface area (Å²) in [6, 6.07) is 14.9. The van der Waals surface area contributed by atoms with E-state index in [0.717, 1.165) is 24.6 Å². The van der Waals surface area contributed by atoms with Crippen molar-refractivity contribution in [2.45, 2.75) is 25.9 Å². The molecule has 1 aromatic carbocycles. The first-order chi connectivity index (χ1) is 9.36. The fraction of sp³-hybridized carbons (Fsp3) is 0.312. The maximum absolute atomic E-state index is 5.71. The molecule has 1 aliphatic rings. The summed E-state index contributed by atoms with van der Waals surface area (Å²) < 4.78 is 7.90. The molecule has 0 saturated carbocycles. The average Bonchev–Trinajstić information content (AvgIpc) is 3.08. The van der Waals surface area contributed by atoms with E-state index in [-0.39, 0.29) is 0 Å². The molecule has 1 aliphatic heterocycles. The SMILES string of the molecule is CCC1COC(c2cccn2Cc2ccccc2)=N1. The van der Waals surface area contributed by atoms with Crippen molar-refractivity contribution in [2.24, 2.45) is 4.99 Å². The average molecular weight is 254 g/mol. The van der Waals surface area contributed by atoms with Crippen LogP contribution in [0.5, 0.6) is 0 Å². The van der Waals surface area contributed by atoms with Crippen LogP contribution in [0.25, 0.3) is 0 Å². The molecule has 3 heteroatoms. The zero-order valence-corrected chi connectivity index (χ0v) is 11.1. The van der Waals surface area contributed by atoms with Gasteiger partial charge in [0.1, 0.15) is 12.3 Å². The van der Waals surface area contributed by atoms with Gasteiger partial charge in [-0.1, -0.05) is 37.3 Å². The molecule has 1 unspecified atom stereocenters. The second kappa shape index (κ2) is 5.31. The maximum atomic E-state index is 5.71. The third kappa shape index (κ3) is 2.55. The molecule has 19 heavy (non-hydrogen) atoms. The Balaban J connectivity index is 1.83. The molecule has 98 valence electrons. The van der Waals surface area contributed by atoms with Crippen molar-refractivity contribution >= 4 is 5.90 Å². The van der Waals surface area contributed by atoms with Gasteiger partial charge < -0.3 is 9.30 Å². The van der Waals surface area contributed by atoms with Crippen LogP contribution < -0.4 is 0 Å². The van der Waals surface area contributed by atoms with E-state index in [2.05, 4.69) is 53.0 Å². The summed E-state index contributed by atoms with van der Waals surface area (Å²) in [4.78, 5) is 4.62. The minimum absolute atomic E-state index is 0.315. The number of aromatic nitrogens is 1. The Bertz CT molecular complexity index is 571. The van der Waals surface area contributed by atoms with Crippen LogP contribution in [-0.4, -0.2) is 23.1 Å². The molecule has 0 N–H and O–H groups in total. The number of rotatable bonds is 4. The van der Waals surface area contributed by atoms with Crippen molar-refractivity contribution in [3.8, 4) is 0 Å². The first-order valence-corrected chi connectivity index (χ1v) is 6.77. The van der Waals surface area contributed by atoms with Crippen molar-refractivity contribution < 1.29 is 4.74 Å². The molecular formula is C16H18N2O. The van der Waals surface area contributed by atoms with E-state index in [1.165, 1.54) is 5.56 Å². The van der Waals surface area contributed by atoms with Gasteiger partial charge in [0, 0.05) is 12.7 Å². The van der Waals surface area contributed by atoms with Gasteiger partial charge in [-0.2, -0.15) is 0 Å². The molecule has 2 aromatic rings. The van der Waals surface area contributed by atoms with Gasteiger partial charge >= 0.3 is 0 Å². The predicted octanol–water partition coefficient (Wildman–Crippen LogP) is 3.09. The molecular weight excluding hydrogens is 236 g/mol. The summed E-state index contributed by atoms with van der Waals surface area (Å²) in [5, 5.41) is 0. The minimum Gasteiger partial charge on any atom is -0.474 e. The lowest BCUT2D eigenvalue weighted by Crippen LogP contribution is -2.10. The second-order valence-electron chi connectivity index (χ2n) is 4.81. The van der Waals surface area contributed by atoms with Crippen molar-refractivity contribution in [3.05, 3.63) is 59.9 Å². The van der Waals surface area contributed by atoms with Crippen LogP contribution in [0.4, 0.5) is 0 Å². The molecule has 0 saturated heterocycles. The smallest absolute Gasteiger partial charge is 0.233 e. The number of benzene rings is 1. The van der Waals surface area contributed by atoms with Gasteiger partial charge in [-0.3, -0.25) is 0 Å². The summed E-state index contributed by atoms with van der Waals surface area (Å²) in [7, 11) is 0. The van der Waals surface area contributed by atoms with E-state index in [1.54, 1.807) is 0 Å². The van der Waals surface area contributed by atoms with Gasteiger partial charge in [0.2, 0.25) is 5.90 Å². The third-order valence-electron chi connectivity index (χ3n) is 3.43. The molecule has 0 aliphatic carbocycles. The fourth-order valence-electron chi connectivity index (χ4n) is 2.29. The standard InChI is InChI=1S/C16H18N2O/c1-2-14-12-19-16(17-14)15-9-6-10-18(15)11-13-7-4-3-5-8-13/h3-10,14H,2,11-12H2,1H3. The first-order valence-electron chi connectivity index (χ1n) is 6.77. The lowest BCUT2D eigenvalue weighted by molar-refractivity contribution is 0.313. The number of ether oxygens (including phenoxy) is 1. The highest BCUT2D eigenvalue weighted by atomic mass is 16.5. The Morgan fingerprint density at radius 1 is 1.21 bits per heavy atom. The van der Waals surface area contributed by atoms with Crippen LogP contribution in [0.2, 0.25) is 0 Å². The summed E-state index contributed by atoms with van der Waals surface area (Å²) in [5.41, 5.74) is 2.35. The zero-order valence-electron chi connectivity index (χ0n) is 11.1. The lowest BCUT2D eigenvalue weighted by Gasteiger charge is -2.08. The molecule has 1 atom stereocenters. The van der Waals surface area contributed by atoms with E-state index < -0.39 is 0 Å². The number of aliphatic imine (C=N–C) groups is 1. The summed E-state index contributed by atoms with van der Waals surface area (Å²) in [6.07, 6.45) is 3.11. The quantitative estimate of drug-likeness (QED) is 0.823. The Kier molecular flexibility index (Phi) is 3.36. The number of hydrogen-bond donors (Lipinski definition) is 0. The zero-order chi connectivity index (χ0) is 13.1. The van der Waals surface area contributed by atoms with E-state index in [0.29, 0.717) is 12.6 Å². The lowest BCUT2D eigenvalue weighted by atomic mass is 10.2. The Hall–Kier alpha value is -2.03. The van der Waals surface area contributed by atoms with Crippen LogP contribution >= 0.6 is 0 Å². The van der Waals surface area contributed by atoms with Crippen molar-refractivity contribution in [1.29, 1.82) is 0 Å². The molecule has 0 radical (unpaired) electrons. The van der Waals surface area contributed by atoms with Gasteiger partial charge in [0.15, 0.2) is 0 Å². The highest BCUT2D eigenvalue weighted by Gasteiger charge is 2.20. The van der Waals surface area contributed by atoms with Crippen LogP contribution in [0.3, 0.4) is 0 Å². The highest BCUT2D eigenvalue weighted by Crippen LogP contribution is 2.16. The predicted molar refractivity (Wildman–Crippen MR) is 76.5 cm³/mol. The van der Waals surface area contributed by atoms with E-state index in [4.69, 9.17) is 4.74 Å². The van der Waals surface area contributed by atoms with Crippen LogP contribution in [0.15, 0.2) is 53.7 Å². The third-order valence-corrected chi connectivity index (χ3v) is 3.43. The normalized spacial score (nSPS) is 18.2. The fourth-order valence-corrected chi connectivity index (χ4v) is 2.29. The van der Waals surface area contributed by atoms with Crippen LogP contribution in [0, 0.1) is 0 Å². The van der Waals surface area contributed by atoms with E-state index in [9.17, 15) is 0 Å². The first kappa shape index (κ1) is 12.0. The molecule has 0 amide bonds. The topological polar surface area (TPSA) is 26.5 Å². The summed E-state index contributed by atoms with van der Waals surface area (Å²) in [5.74, 6) is 0.785. The van der Waals surface area contributed by atoms with Crippen molar-refractivity contribution in [3.63, 3.8) is 0 Å². The maximum Gasteiger partial charge on any atom is 0.233 e. The Morgan fingerprint density at radius 3 is 2.79 bits per heavy atom. The molecule has 2 heterocycles. The molecule has 1 aromatic heterocycles. The van der Waals surface area contributed by atoms with Crippen LogP contribution in [0.1, 0.15) is 24.6 Å². The van der Waals surface area contributed by atoms with Crippen LogP contribution in [-0.2, 0) is 11.3 Å². The van der Waals surface area contributed by atoms with Gasteiger partial charge in [0.05, 0.1) is 6.04 Å². The largest absolute Gasteiger partial charge is 0.474 e. The molecule has 3 rings (SSSR count). The van der Waals surface area contributed by atoms with Gasteiger partial charge in [0.25, 0.3) is 0 Å². The molecule has 0 spiro atoms. The Labute approximate surface area is 113 Å². The van der Waals surface area contributed by atoms with Gasteiger partial charge in [-0.25, -0.2) is 4.99 Å². The summed E-state index contributed by atoms with van der Waals surface area (Å²) in [6.45, 7) is 3.70. The molecule has 0 fully saturated rings. The van der Waals surface area contributed by atoms with Gasteiger partial charge in [-0.15, -0.1) is 0 Å². The molecule has 3 nitrogen and oxygen atoms in total. The highest BCUT2D eigenvalue weighted by molar-refractivity contribution is 5.93. The summed E-state index contributed by atoms with van der Waals surface area (Å²) >= 11 is 0. The van der Waals surface area contributed by atoms with Crippen molar-refractivity contribution in [1.82, 2.24) is 4.57 Å². The Morgan fingerprint density at radius 2 is 2.05 bits per heavy atom. The second-order valence-corrected chi connectivity index (χ2v) is 4.81.